The fraction of sp³-hybridized carbons (Fsp3) is 0.417. The molecule has 6 nitrogen and oxygen atoms in total. The predicted octanol–water partition coefficient (Wildman–Crippen LogP) is 4.96. The molecule has 7 heteroatoms. The molecule has 0 saturated heterocycles. The van der Waals surface area contributed by atoms with Gasteiger partial charge in [-0.15, -0.1) is 0 Å². The van der Waals surface area contributed by atoms with Crippen LogP contribution in [-0.2, 0) is 4.79 Å². The Balaban J connectivity index is 1.58. The summed E-state index contributed by atoms with van der Waals surface area (Å²) in [6.07, 6.45) is 6.40. The maximum Gasteiger partial charge on any atom is 0.326 e. The smallest absolute Gasteiger partial charge is 0.326 e. The molecule has 3 amide bonds. The molecule has 2 N–H and O–H groups in total. The number of hydrogen-bond donors (Lipinski definition) is 2. The number of hydrogen-bond acceptors (Lipinski definition) is 3. The van der Waals surface area contributed by atoms with Crippen LogP contribution in [0, 0.1) is 11.7 Å². The molecule has 1 aliphatic rings. The molecule has 0 bridgehead atoms. The van der Waals surface area contributed by atoms with E-state index in [1.54, 1.807) is 43.5 Å². The minimum atomic E-state index is -0.378. The monoisotopic (exact) mass is 427 g/mol. The zero-order chi connectivity index (χ0) is 22.1. The molecule has 1 aliphatic carbocycles. The fourth-order valence-corrected chi connectivity index (χ4v) is 3.89. The van der Waals surface area contributed by atoms with E-state index in [2.05, 4.69) is 10.6 Å². The molecule has 0 radical (unpaired) electrons. The molecular weight excluding hydrogens is 397 g/mol. The first-order valence-electron chi connectivity index (χ1n) is 10.8. The molecule has 0 spiro atoms. The van der Waals surface area contributed by atoms with Crippen molar-refractivity contribution in [1.82, 2.24) is 5.32 Å². The molecule has 0 unspecified atom stereocenters. The highest BCUT2D eigenvalue weighted by atomic mass is 19.1. The van der Waals surface area contributed by atoms with Crippen molar-refractivity contribution >= 4 is 23.3 Å². The van der Waals surface area contributed by atoms with Crippen molar-refractivity contribution in [2.24, 2.45) is 5.92 Å². The summed E-state index contributed by atoms with van der Waals surface area (Å²) in [6.45, 7) is 0.572. The number of carbonyl (C=O) groups is 2. The summed E-state index contributed by atoms with van der Waals surface area (Å²) in [4.78, 5) is 26.6. The number of rotatable bonds is 9. The van der Waals surface area contributed by atoms with Crippen molar-refractivity contribution in [1.29, 1.82) is 0 Å². The van der Waals surface area contributed by atoms with Gasteiger partial charge in [0.15, 0.2) is 0 Å². The third-order valence-electron chi connectivity index (χ3n) is 5.62. The third-order valence-corrected chi connectivity index (χ3v) is 5.62. The molecule has 1 saturated carbocycles. The van der Waals surface area contributed by atoms with E-state index >= 15 is 0 Å². The van der Waals surface area contributed by atoms with Gasteiger partial charge in [0, 0.05) is 37.0 Å². The largest absolute Gasteiger partial charge is 0.497 e. The van der Waals surface area contributed by atoms with Crippen LogP contribution in [0.5, 0.6) is 5.75 Å². The Morgan fingerprint density at radius 3 is 2.58 bits per heavy atom. The summed E-state index contributed by atoms with van der Waals surface area (Å²) in [7, 11) is 1.56. The van der Waals surface area contributed by atoms with Gasteiger partial charge >= 0.3 is 6.03 Å². The maximum atomic E-state index is 13.4. The van der Waals surface area contributed by atoms with Gasteiger partial charge in [0.1, 0.15) is 11.6 Å². The molecular formula is C24H30FN3O3. The Hall–Kier alpha value is -3.09. The van der Waals surface area contributed by atoms with Gasteiger partial charge in [-0.1, -0.05) is 31.7 Å². The molecule has 166 valence electrons. The zero-order valence-electron chi connectivity index (χ0n) is 17.9. The van der Waals surface area contributed by atoms with Crippen molar-refractivity contribution in [2.45, 2.75) is 38.5 Å². The van der Waals surface area contributed by atoms with Crippen LogP contribution in [0.4, 0.5) is 20.6 Å². The number of amides is 3. The molecule has 2 aromatic carbocycles. The summed E-state index contributed by atoms with van der Waals surface area (Å²) in [5.74, 6) is 0.909. The van der Waals surface area contributed by atoms with Gasteiger partial charge < -0.3 is 15.4 Å². The summed E-state index contributed by atoms with van der Waals surface area (Å²) in [5, 5.41) is 5.73. The summed E-state index contributed by atoms with van der Waals surface area (Å²) in [5.41, 5.74) is 1.12. The number of ether oxygens (including phenoxy) is 1. The number of carbonyl (C=O) groups excluding carboxylic acids is 2. The Morgan fingerprint density at radius 1 is 1.13 bits per heavy atom. The van der Waals surface area contributed by atoms with Crippen molar-refractivity contribution < 1.29 is 18.7 Å². The number of benzene rings is 2. The van der Waals surface area contributed by atoms with Gasteiger partial charge in [0.05, 0.1) is 7.11 Å². The van der Waals surface area contributed by atoms with Crippen LogP contribution >= 0.6 is 0 Å². The van der Waals surface area contributed by atoms with Crippen LogP contribution in [0.25, 0.3) is 0 Å². The summed E-state index contributed by atoms with van der Waals surface area (Å²) < 4.78 is 18.6. The van der Waals surface area contributed by atoms with E-state index in [0.717, 1.165) is 6.42 Å². The lowest BCUT2D eigenvalue weighted by Gasteiger charge is -2.23. The molecule has 3 rings (SSSR count). The first-order chi connectivity index (χ1) is 15.0. The van der Waals surface area contributed by atoms with Gasteiger partial charge in [-0.05, 0) is 48.7 Å². The highest BCUT2D eigenvalue weighted by molar-refractivity contribution is 6.01. The second kappa shape index (κ2) is 11.3. The Bertz CT molecular complexity index is 867. The van der Waals surface area contributed by atoms with Gasteiger partial charge in [-0.25, -0.2) is 9.18 Å². The zero-order valence-corrected chi connectivity index (χ0v) is 17.9. The van der Waals surface area contributed by atoms with E-state index < -0.39 is 0 Å². The quantitative estimate of drug-likeness (QED) is 0.594. The molecule has 0 atom stereocenters. The van der Waals surface area contributed by atoms with E-state index in [9.17, 15) is 14.0 Å². The minimum absolute atomic E-state index is 0.000778. The van der Waals surface area contributed by atoms with Crippen molar-refractivity contribution in [2.75, 3.05) is 30.4 Å². The first-order valence-corrected chi connectivity index (χ1v) is 10.8. The van der Waals surface area contributed by atoms with Crippen LogP contribution in [0.3, 0.4) is 0 Å². The highest BCUT2D eigenvalue weighted by Crippen LogP contribution is 2.28. The Kier molecular flexibility index (Phi) is 8.27. The van der Waals surface area contributed by atoms with Gasteiger partial charge in [-0.3, -0.25) is 9.69 Å². The second-order valence-electron chi connectivity index (χ2n) is 7.83. The number of anilines is 2. The van der Waals surface area contributed by atoms with Gasteiger partial charge in [-0.2, -0.15) is 0 Å². The average molecular weight is 428 g/mol. The second-order valence-corrected chi connectivity index (χ2v) is 7.83. The Morgan fingerprint density at radius 2 is 1.87 bits per heavy atom. The Labute approximate surface area is 182 Å². The van der Waals surface area contributed by atoms with Crippen molar-refractivity contribution in [3.63, 3.8) is 0 Å². The van der Waals surface area contributed by atoms with Crippen molar-refractivity contribution in [3.8, 4) is 5.75 Å². The molecule has 0 heterocycles. The number of halogens is 1. The number of urea groups is 1. The van der Waals surface area contributed by atoms with E-state index in [-0.39, 0.29) is 24.3 Å². The number of nitrogens with one attached hydrogen (secondary N) is 2. The lowest BCUT2D eigenvalue weighted by atomic mass is 10.0. The predicted molar refractivity (Wildman–Crippen MR) is 120 cm³/mol. The third kappa shape index (κ3) is 6.98. The van der Waals surface area contributed by atoms with E-state index in [1.165, 1.54) is 42.7 Å². The summed E-state index contributed by atoms with van der Waals surface area (Å²) >= 11 is 0. The van der Waals surface area contributed by atoms with E-state index in [4.69, 9.17) is 4.74 Å². The lowest BCUT2D eigenvalue weighted by molar-refractivity contribution is -0.121. The average Bonchev–Trinajstić information content (AvgIpc) is 3.30. The first kappa shape index (κ1) is 22.6. The van der Waals surface area contributed by atoms with Crippen molar-refractivity contribution in [3.05, 3.63) is 54.3 Å². The standard InChI is InChI=1S/C24H30FN3O3/c1-31-22-8-4-7-20(17-22)27-24(30)28(21-12-10-19(25)11-13-21)16-15-26-23(29)14-9-18-5-2-3-6-18/h4,7-8,10-13,17-18H,2-3,5-6,9,14-16H2,1H3,(H,26,29)(H,27,30). The molecule has 0 aromatic heterocycles. The number of nitrogens with zero attached hydrogens (tertiary/aromatic N) is 1. The minimum Gasteiger partial charge on any atom is -0.497 e. The van der Waals surface area contributed by atoms with Crippen LogP contribution in [0.15, 0.2) is 48.5 Å². The normalized spacial score (nSPS) is 13.6. The van der Waals surface area contributed by atoms with Gasteiger partial charge in [0.25, 0.3) is 0 Å². The van der Waals surface area contributed by atoms with Crippen LogP contribution < -0.4 is 20.3 Å². The highest BCUT2D eigenvalue weighted by Gasteiger charge is 2.18. The molecule has 0 aliphatic heterocycles. The fourth-order valence-electron chi connectivity index (χ4n) is 3.89. The topological polar surface area (TPSA) is 70.7 Å². The molecule has 2 aromatic rings. The van der Waals surface area contributed by atoms with Crippen LogP contribution in [0.1, 0.15) is 38.5 Å². The SMILES string of the molecule is COc1cccc(NC(=O)N(CCNC(=O)CCC2CCCC2)c2ccc(F)cc2)c1. The van der Waals surface area contributed by atoms with E-state index in [0.29, 0.717) is 36.0 Å². The van der Waals surface area contributed by atoms with Crippen LogP contribution in [0.2, 0.25) is 0 Å². The number of methoxy groups -OCH3 is 1. The molecule has 31 heavy (non-hydrogen) atoms. The molecule has 1 fully saturated rings. The lowest BCUT2D eigenvalue weighted by Crippen LogP contribution is -2.41. The van der Waals surface area contributed by atoms with Crippen LogP contribution in [-0.4, -0.2) is 32.1 Å². The maximum absolute atomic E-state index is 13.4. The van der Waals surface area contributed by atoms with E-state index in [1.807, 2.05) is 0 Å². The van der Waals surface area contributed by atoms with Gasteiger partial charge in [0.2, 0.25) is 5.91 Å². The summed E-state index contributed by atoms with van der Waals surface area (Å²) in [6, 6.07) is 12.4.